The summed E-state index contributed by atoms with van der Waals surface area (Å²) in [5, 5.41) is 3.17. The molecule has 0 radical (unpaired) electrons. The normalized spacial score (nSPS) is 23.0. The Labute approximate surface area is 144 Å². The quantitative estimate of drug-likeness (QED) is 0.838. The van der Waals surface area contributed by atoms with Gasteiger partial charge in [-0.2, -0.15) is 0 Å². The van der Waals surface area contributed by atoms with Gasteiger partial charge in [0, 0.05) is 42.1 Å². The average Bonchev–Trinajstić information content (AvgIpc) is 3.20. The predicted octanol–water partition coefficient (Wildman–Crippen LogP) is 3.30. The summed E-state index contributed by atoms with van der Waals surface area (Å²) in [5.74, 6) is 0.647. The van der Waals surface area contributed by atoms with E-state index in [-0.39, 0.29) is 11.7 Å². The van der Waals surface area contributed by atoms with Gasteiger partial charge < -0.3 is 9.64 Å². The van der Waals surface area contributed by atoms with Crippen LogP contribution in [0.3, 0.4) is 0 Å². The molecule has 2 aliphatic rings. The predicted molar refractivity (Wildman–Crippen MR) is 89.9 cm³/mol. The smallest absolute Gasteiger partial charge is 0.264 e. The van der Waals surface area contributed by atoms with Gasteiger partial charge in [0.1, 0.15) is 11.6 Å². The van der Waals surface area contributed by atoms with E-state index in [1.54, 1.807) is 17.4 Å². The first-order chi connectivity index (χ1) is 11.6. The van der Waals surface area contributed by atoms with E-state index in [4.69, 9.17) is 4.74 Å². The topological polar surface area (TPSA) is 42.4 Å². The van der Waals surface area contributed by atoms with Crippen LogP contribution in [-0.4, -0.2) is 35.0 Å². The van der Waals surface area contributed by atoms with Gasteiger partial charge in [0.15, 0.2) is 6.10 Å². The highest BCUT2D eigenvalue weighted by molar-refractivity contribution is 7.09. The van der Waals surface area contributed by atoms with Gasteiger partial charge in [-0.05, 0) is 38.0 Å². The van der Waals surface area contributed by atoms with Crippen LogP contribution in [0, 0.1) is 12.7 Å². The molecule has 6 heteroatoms. The maximum Gasteiger partial charge on any atom is 0.264 e. The summed E-state index contributed by atoms with van der Waals surface area (Å²) in [7, 11) is 0. The fourth-order valence-electron chi connectivity index (χ4n) is 3.50. The van der Waals surface area contributed by atoms with Gasteiger partial charge in [0.05, 0.1) is 5.01 Å². The molecule has 0 unspecified atom stereocenters. The molecule has 1 amide bonds. The molecule has 126 valence electrons. The standard InChI is InChI=1S/C18H19FN2O2S/c1-11-10-24-17(20-11)12-3-2-6-21(9-12)18(22)16-8-13-7-14(19)4-5-15(13)23-16/h4-5,7,10,12,16H,2-3,6,8-9H2,1H3/t12-,16+/m0/s1. The van der Waals surface area contributed by atoms with Gasteiger partial charge >= 0.3 is 0 Å². The number of amides is 1. The molecular weight excluding hydrogens is 327 g/mol. The van der Waals surface area contributed by atoms with Crippen molar-refractivity contribution in [2.75, 3.05) is 13.1 Å². The number of carbonyl (C=O) groups excluding carboxylic acids is 1. The number of likely N-dealkylation sites (tertiary alicyclic amines) is 1. The van der Waals surface area contributed by atoms with Crippen LogP contribution in [0.25, 0.3) is 0 Å². The molecule has 4 rings (SSSR count). The van der Waals surface area contributed by atoms with Crippen molar-refractivity contribution in [1.82, 2.24) is 9.88 Å². The molecule has 0 bridgehead atoms. The molecule has 1 saturated heterocycles. The molecule has 2 aromatic rings. The number of fused-ring (bicyclic) bond motifs is 1. The highest BCUT2D eigenvalue weighted by Crippen LogP contribution is 2.33. The Hall–Kier alpha value is -1.95. The van der Waals surface area contributed by atoms with Crippen molar-refractivity contribution in [2.24, 2.45) is 0 Å². The van der Waals surface area contributed by atoms with E-state index < -0.39 is 6.10 Å². The maximum atomic E-state index is 13.3. The lowest BCUT2D eigenvalue weighted by Gasteiger charge is -2.33. The van der Waals surface area contributed by atoms with Crippen molar-refractivity contribution in [2.45, 2.75) is 38.2 Å². The minimum atomic E-state index is -0.529. The summed E-state index contributed by atoms with van der Waals surface area (Å²) in [6.07, 6.45) is 1.96. The van der Waals surface area contributed by atoms with Crippen LogP contribution in [0.5, 0.6) is 5.75 Å². The van der Waals surface area contributed by atoms with Crippen molar-refractivity contribution in [3.63, 3.8) is 0 Å². The van der Waals surface area contributed by atoms with Crippen molar-refractivity contribution >= 4 is 17.2 Å². The van der Waals surface area contributed by atoms with Crippen molar-refractivity contribution in [3.05, 3.63) is 45.7 Å². The molecule has 1 aromatic carbocycles. The van der Waals surface area contributed by atoms with E-state index in [0.717, 1.165) is 35.7 Å². The lowest BCUT2D eigenvalue weighted by molar-refractivity contribution is -0.139. The third kappa shape index (κ3) is 2.90. The molecule has 4 nitrogen and oxygen atoms in total. The zero-order valence-electron chi connectivity index (χ0n) is 13.5. The van der Waals surface area contributed by atoms with Gasteiger partial charge in [-0.15, -0.1) is 11.3 Å². The summed E-state index contributed by atoms with van der Waals surface area (Å²) < 4.78 is 19.1. The van der Waals surface area contributed by atoms with Crippen LogP contribution >= 0.6 is 11.3 Å². The molecule has 1 fully saturated rings. The van der Waals surface area contributed by atoms with Crippen LogP contribution in [0.15, 0.2) is 23.6 Å². The molecule has 0 spiro atoms. The molecule has 3 heterocycles. The third-order valence-electron chi connectivity index (χ3n) is 4.69. The third-order valence-corrected chi connectivity index (χ3v) is 5.82. The molecule has 1 aromatic heterocycles. The summed E-state index contributed by atoms with van der Waals surface area (Å²) in [6, 6.07) is 4.43. The number of piperidine rings is 1. The number of benzene rings is 1. The molecule has 0 aliphatic carbocycles. The molecule has 24 heavy (non-hydrogen) atoms. The second-order valence-electron chi connectivity index (χ2n) is 6.51. The SMILES string of the molecule is Cc1csc([C@H]2CCCN(C(=O)[C@H]3Cc4cc(F)ccc4O3)C2)n1. The van der Waals surface area contributed by atoms with Crippen LogP contribution in [0.2, 0.25) is 0 Å². The Morgan fingerprint density at radius 2 is 2.33 bits per heavy atom. The fourth-order valence-corrected chi connectivity index (χ4v) is 4.42. The van der Waals surface area contributed by atoms with Gasteiger partial charge in [-0.1, -0.05) is 0 Å². The van der Waals surface area contributed by atoms with Crippen molar-refractivity contribution in [1.29, 1.82) is 0 Å². The first-order valence-corrected chi connectivity index (χ1v) is 9.14. The summed E-state index contributed by atoms with van der Waals surface area (Å²) in [6.45, 7) is 3.44. The fraction of sp³-hybridized carbons (Fsp3) is 0.444. The number of aryl methyl sites for hydroxylation is 1. The van der Waals surface area contributed by atoms with E-state index in [2.05, 4.69) is 10.4 Å². The zero-order valence-corrected chi connectivity index (χ0v) is 14.3. The van der Waals surface area contributed by atoms with Crippen molar-refractivity contribution in [3.8, 4) is 5.75 Å². The minimum absolute atomic E-state index is 0.00425. The molecule has 0 saturated carbocycles. The summed E-state index contributed by atoms with van der Waals surface area (Å²) in [5.41, 5.74) is 1.81. The van der Waals surface area contributed by atoms with E-state index in [9.17, 15) is 9.18 Å². The Morgan fingerprint density at radius 3 is 3.12 bits per heavy atom. The van der Waals surface area contributed by atoms with Gasteiger partial charge in [-0.25, -0.2) is 9.37 Å². The number of hydrogen-bond acceptors (Lipinski definition) is 4. The average molecular weight is 346 g/mol. The Morgan fingerprint density at radius 1 is 1.46 bits per heavy atom. The molecule has 2 aliphatic heterocycles. The second-order valence-corrected chi connectivity index (χ2v) is 7.40. The minimum Gasteiger partial charge on any atom is -0.480 e. The first kappa shape index (κ1) is 15.6. The second kappa shape index (κ2) is 6.16. The highest BCUT2D eigenvalue weighted by Gasteiger charge is 2.35. The number of ether oxygens (including phenoxy) is 1. The van der Waals surface area contributed by atoms with Gasteiger partial charge in [0.25, 0.3) is 5.91 Å². The van der Waals surface area contributed by atoms with Crippen LogP contribution < -0.4 is 4.74 Å². The number of nitrogens with zero attached hydrogens (tertiary/aromatic N) is 2. The van der Waals surface area contributed by atoms with E-state index in [1.807, 2.05) is 11.8 Å². The highest BCUT2D eigenvalue weighted by atomic mass is 32.1. The maximum absolute atomic E-state index is 13.3. The molecule has 2 atom stereocenters. The number of hydrogen-bond donors (Lipinski definition) is 0. The molecule has 0 N–H and O–H groups in total. The number of halogens is 1. The first-order valence-electron chi connectivity index (χ1n) is 8.26. The largest absolute Gasteiger partial charge is 0.480 e. The van der Waals surface area contributed by atoms with Crippen LogP contribution in [-0.2, 0) is 11.2 Å². The Balaban J connectivity index is 1.45. The Bertz CT molecular complexity index is 776. The summed E-state index contributed by atoms with van der Waals surface area (Å²) in [4.78, 5) is 19.3. The summed E-state index contributed by atoms with van der Waals surface area (Å²) >= 11 is 1.67. The number of aromatic nitrogens is 1. The monoisotopic (exact) mass is 346 g/mol. The lowest BCUT2D eigenvalue weighted by atomic mass is 9.98. The van der Waals surface area contributed by atoms with Crippen LogP contribution in [0.1, 0.15) is 35.0 Å². The van der Waals surface area contributed by atoms with E-state index in [0.29, 0.717) is 24.6 Å². The van der Waals surface area contributed by atoms with Gasteiger partial charge in [-0.3, -0.25) is 4.79 Å². The Kier molecular flexibility index (Phi) is 4.00. The van der Waals surface area contributed by atoms with Crippen LogP contribution in [0.4, 0.5) is 4.39 Å². The van der Waals surface area contributed by atoms with Crippen molar-refractivity contribution < 1.29 is 13.9 Å². The van der Waals surface area contributed by atoms with Gasteiger partial charge in [0.2, 0.25) is 0 Å². The van der Waals surface area contributed by atoms with E-state index in [1.165, 1.54) is 12.1 Å². The zero-order chi connectivity index (χ0) is 16.7. The lowest BCUT2D eigenvalue weighted by Crippen LogP contribution is -2.45. The number of thiazole rings is 1. The number of carbonyl (C=O) groups is 1. The molecular formula is C18H19FN2O2S. The number of rotatable bonds is 2. The van der Waals surface area contributed by atoms with E-state index >= 15 is 0 Å².